The Labute approximate surface area is 275 Å². The fourth-order valence-electron chi connectivity index (χ4n) is 3.55. The van der Waals surface area contributed by atoms with Gasteiger partial charge in [0, 0.05) is 23.1 Å². The smallest absolute Gasteiger partial charge is 0.414 e. The molecule has 2 aromatic carbocycles. The fourth-order valence-corrected chi connectivity index (χ4v) is 5.05. The molecule has 0 amide bonds. The van der Waals surface area contributed by atoms with Crippen LogP contribution in [0.15, 0.2) is 48.5 Å². The quantitative estimate of drug-likeness (QED) is 0.103. The van der Waals surface area contributed by atoms with Crippen molar-refractivity contribution in [3.05, 3.63) is 86.0 Å². The van der Waals surface area contributed by atoms with Crippen molar-refractivity contribution in [2.75, 3.05) is 11.9 Å². The first kappa shape index (κ1) is 37.4. The number of fused-ring (bicyclic) bond motifs is 1. The van der Waals surface area contributed by atoms with Gasteiger partial charge in [0.25, 0.3) is 0 Å². The molecule has 244 valence electrons. The molecule has 14 nitrogen and oxygen atoms in total. The summed E-state index contributed by atoms with van der Waals surface area (Å²) < 4.78 is 5.24. The number of aromatic nitrogens is 2. The summed E-state index contributed by atoms with van der Waals surface area (Å²) in [5, 5.41) is 38.5. The van der Waals surface area contributed by atoms with E-state index in [-0.39, 0.29) is 5.97 Å². The Hall–Kier alpha value is -4.83. The molecule has 0 saturated carbocycles. The molecule has 17 heteroatoms. The van der Waals surface area contributed by atoms with Crippen LogP contribution < -0.4 is 10.6 Å². The zero-order valence-electron chi connectivity index (χ0n) is 24.2. The summed E-state index contributed by atoms with van der Waals surface area (Å²) in [4.78, 5) is 59.7. The van der Waals surface area contributed by atoms with E-state index in [1.165, 1.54) is 11.3 Å². The van der Waals surface area contributed by atoms with Crippen LogP contribution in [0.25, 0.3) is 10.2 Å². The monoisotopic (exact) mass is 694 g/mol. The first-order valence-electron chi connectivity index (χ1n) is 13.1. The number of carbonyl (C=O) groups excluding carboxylic acids is 1. The lowest BCUT2D eigenvalue weighted by atomic mass is 10.2. The van der Waals surface area contributed by atoms with Crippen molar-refractivity contribution in [3.63, 3.8) is 0 Å². The number of aliphatic carboxylic acids is 4. The lowest BCUT2D eigenvalue weighted by Gasteiger charge is -2.11. The first-order valence-corrected chi connectivity index (χ1v) is 14.6. The van der Waals surface area contributed by atoms with E-state index in [1.54, 1.807) is 6.92 Å². The molecule has 2 aromatic heterocycles. The highest BCUT2D eigenvalue weighted by Gasteiger charge is 2.21. The Kier molecular flexibility index (Phi) is 14.8. The number of rotatable bonds is 9. The van der Waals surface area contributed by atoms with E-state index < -0.39 is 23.9 Å². The van der Waals surface area contributed by atoms with E-state index in [1.807, 2.05) is 55.5 Å². The summed E-state index contributed by atoms with van der Waals surface area (Å²) in [6.07, 6.45) is 0. The summed E-state index contributed by atoms with van der Waals surface area (Å²) >= 11 is 13.9. The molecule has 6 N–H and O–H groups in total. The number of halogens is 2. The molecule has 4 rings (SSSR count). The maximum absolute atomic E-state index is 12.5. The number of ether oxygens (including phenoxy) is 1. The molecule has 4 aromatic rings. The number of nitrogens with one attached hydrogen (secondary N) is 2. The number of hydrogen-bond acceptors (Lipinski definition) is 11. The van der Waals surface area contributed by atoms with Crippen LogP contribution in [-0.2, 0) is 43.5 Å². The molecule has 0 unspecified atom stereocenters. The SMILES string of the molecule is CCOC(=O)c1sc2nc(CNCc3ccccc3Cl)nc(NCc3ccccc3Cl)c2c1C.O=C(O)C(=O)O.O=C(O)C(=O)O. The van der Waals surface area contributed by atoms with Crippen LogP contribution in [0.1, 0.15) is 39.1 Å². The molecule has 0 atom stereocenters. The van der Waals surface area contributed by atoms with E-state index in [0.717, 1.165) is 26.9 Å². The average molecular weight is 696 g/mol. The molecule has 0 saturated heterocycles. The fraction of sp³-hybridized carbons (Fsp3) is 0.207. The summed E-state index contributed by atoms with van der Waals surface area (Å²) in [6.45, 7) is 5.51. The van der Waals surface area contributed by atoms with Crippen LogP contribution >= 0.6 is 34.5 Å². The molecular formula is C29H28Cl2N4O10S. The van der Waals surface area contributed by atoms with Crippen LogP contribution in [0.2, 0.25) is 10.0 Å². The van der Waals surface area contributed by atoms with Gasteiger partial charge < -0.3 is 35.8 Å². The lowest BCUT2D eigenvalue weighted by Crippen LogP contribution is -2.16. The molecule has 0 aliphatic carbocycles. The maximum Gasteiger partial charge on any atom is 0.414 e. The number of hydrogen-bond donors (Lipinski definition) is 6. The highest BCUT2D eigenvalue weighted by Crippen LogP contribution is 2.35. The van der Waals surface area contributed by atoms with Crippen molar-refractivity contribution in [2.45, 2.75) is 33.5 Å². The van der Waals surface area contributed by atoms with Gasteiger partial charge in [-0.1, -0.05) is 59.6 Å². The van der Waals surface area contributed by atoms with Gasteiger partial charge in [-0.05, 0) is 42.7 Å². The predicted molar refractivity (Wildman–Crippen MR) is 169 cm³/mol. The number of thiophene rings is 1. The first-order chi connectivity index (χ1) is 21.8. The third kappa shape index (κ3) is 11.3. The van der Waals surface area contributed by atoms with E-state index in [2.05, 4.69) is 10.6 Å². The summed E-state index contributed by atoms with van der Waals surface area (Å²) in [7, 11) is 0. The van der Waals surface area contributed by atoms with E-state index in [9.17, 15) is 4.79 Å². The molecule has 0 bridgehead atoms. The topological polar surface area (TPSA) is 225 Å². The van der Waals surface area contributed by atoms with E-state index >= 15 is 0 Å². The Bertz CT molecular complexity index is 1680. The highest BCUT2D eigenvalue weighted by atomic mass is 35.5. The van der Waals surface area contributed by atoms with E-state index in [0.29, 0.717) is 52.8 Å². The van der Waals surface area contributed by atoms with Crippen LogP contribution in [0.5, 0.6) is 0 Å². The number of aryl methyl sites for hydroxylation is 1. The Balaban J connectivity index is 0.000000522. The molecule has 2 heterocycles. The van der Waals surface area contributed by atoms with Gasteiger partial charge in [-0.2, -0.15) is 0 Å². The summed E-state index contributed by atoms with van der Waals surface area (Å²) in [5.74, 6) is -6.38. The molecule has 0 aliphatic heterocycles. The van der Waals surface area contributed by atoms with Crippen molar-refractivity contribution >= 4 is 80.4 Å². The van der Waals surface area contributed by atoms with Gasteiger partial charge in [0.15, 0.2) is 0 Å². The Morgan fingerprint density at radius 3 is 1.76 bits per heavy atom. The van der Waals surface area contributed by atoms with Gasteiger partial charge in [-0.3, -0.25) is 0 Å². The minimum atomic E-state index is -1.82. The highest BCUT2D eigenvalue weighted by molar-refractivity contribution is 7.20. The van der Waals surface area contributed by atoms with E-state index in [4.69, 9.17) is 77.5 Å². The normalized spacial score (nSPS) is 10.1. The van der Waals surface area contributed by atoms with Crippen LogP contribution in [0.3, 0.4) is 0 Å². The number of anilines is 1. The largest absolute Gasteiger partial charge is 0.473 e. The molecule has 0 fully saturated rings. The Morgan fingerprint density at radius 1 is 0.783 bits per heavy atom. The third-order valence-corrected chi connectivity index (χ3v) is 7.53. The zero-order valence-corrected chi connectivity index (χ0v) is 26.6. The van der Waals surface area contributed by atoms with Crippen molar-refractivity contribution < 1.29 is 49.1 Å². The van der Waals surface area contributed by atoms with Gasteiger partial charge in [0.1, 0.15) is 21.3 Å². The second-order valence-corrected chi connectivity index (χ2v) is 10.6. The molecule has 0 radical (unpaired) electrons. The standard InChI is InChI=1S/C25H24Cl2N4O2S.2C2H2O4/c1-3-33-25(32)22-15(2)21-23(29-13-17-9-5-7-11-19(17)27)30-20(31-24(21)34-22)14-28-12-16-8-4-6-10-18(16)26;2*3-1(4)2(5)6/h4-11,28H,3,12-14H2,1-2H3,(H,29,30,31);2*(H,3,4)(H,5,6). The van der Waals surface area contributed by atoms with Gasteiger partial charge in [0.2, 0.25) is 0 Å². The second-order valence-electron chi connectivity index (χ2n) is 8.81. The number of nitrogens with zero attached hydrogens (tertiary/aromatic N) is 2. The second kappa shape index (κ2) is 18.2. The molecule has 0 spiro atoms. The number of carbonyl (C=O) groups is 5. The predicted octanol–water partition coefficient (Wildman–Crippen LogP) is 4.70. The maximum atomic E-state index is 12.5. The van der Waals surface area contributed by atoms with Crippen molar-refractivity contribution in [3.8, 4) is 0 Å². The molecule has 0 aliphatic rings. The van der Waals surface area contributed by atoms with Gasteiger partial charge >= 0.3 is 29.8 Å². The van der Waals surface area contributed by atoms with Gasteiger partial charge in [0.05, 0.1) is 18.5 Å². The van der Waals surface area contributed by atoms with Gasteiger partial charge in [-0.15, -0.1) is 11.3 Å². The van der Waals surface area contributed by atoms with Crippen molar-refractivity contribution in [2.24, 2.45) is 0 Å². The number of carboxylic acids is 4. The average Bonchev–Trinajstić information content (AvgIpc) is 3.34. The number of benzene rings is 2. The zero-order chi connectivity index (χ0) is 34.4. The van der Waals surface area contributed by atoms with Crippen LogP contribution in [0.4, 0.5) is 5.82 Å². The minimum Gasteiger partial charge on any atom is -0.473 e. The van der Waals surface area contributed by atoms with Crippen LogP contribution in [0, 0.1) is 6.92 Å². The van der Waals surface area contributed by atoms with Crippen molar-refractivity contribution in [1.29, 1.82) is 0 Å². The number of esters is 1. The molecular weight excluding hydrogens is 667 g/mol. The Morgan fingerprint density at radius 2 is 1.28 bits per heavy atom. The van der Waals surface area contributed by atoms with Crippen molar-refractivity contribution in [1.82, 2.24) is 15.3 Å². The summed E-state index contributed by atoms with van der Waals surface area (Å²) in [5.41, 5.74) is 2.75. The molecule has 46 heavy (non-hydrogen) atoms. The number of carboxylic acid groups (broad SMARTS) is 4. The van der Waals surface area contributed by atoms with Crippen LogP contribution in [-0.4, -0.2) is 66.8 Å². The minimum absolute atomic E-state index is 0.313. The summed E-state index contributed by atoms with van der Waals surface area (Å²) in [6, 6.07) is 15.3. The van der Waals surface area contributed by atoms with Gasteiger partial charge in [-0.25, -0.2) is 33.9 Å². The third-order valence-electron chi connectivity index (χ3n) is 5.62. The lowest BCUT2D eigenvalue weighted by molar-refractivity contribution is -0.159.